The lowest BCUT2D eigenvalue weighted by Gasteiger charge is -2.13. The SMILES string of the molecule is c1ccc(-c2nc(-c3ccc4sc5ccccc5c4c3)nc(-c3cc(-n4c5cc6ccccc6cc5c5cc6ccccc6cc54)c4oc5ccccc5c4c3)n2)cc1. The van der Waals surface area contributed by atoms with E-state index in [1.165, 1.54) is 52.5 Å². The van der Waals surface area contributed by atoms with Crippen LogP contribution in [0.2, 0.25) is 0 Å². The number of fused-ring (bicyclic) bond motifs is 11. The van der Waals surface area contributed by atoms with Crippen molar-refractivity contribution in [2.45, 2.75) is 0 Å². The average molecular weight is 771 g/mol. The predicted octanol–water partition coefficient (Wildman–Crippen LogP) is 14.5. The van der Waals surface area contributed by atoms with Crippen LogP contribution in [0.15, 0.2) is 186 Å². The number of benzene rings is 9. The first-order valence-electron chi connectivity index (χ1n) is 19.8. The minimum Gasteiger partial charge on any atom is -0.454 e. The van der Waals surface area contributed by atoms with E-state index in [-0.39, 0.29) is 0 Å². The molecule has 0 atom stereocenters. The van der Waals surface area contributed by atoms with Gasteiger partial charge in [-0.15, -0.1) is 11.3 Å². The van der Waals surface area contributed by atoms with E-state index in [9.17, 15) is 0 Å². The zero-order chi connectivity index (χ0) is 38.6. The van der Waals surface area contributed by atoms with Gasteiger partial charge in [-0.2, -0.15) is 0 Å². The topological polar surface area (TPSA) is 56.7 Å². The van der Waals surface area contributed by atoms with Crippen molar-refractivity contribution in [3.63, 3.8) is 0 Å². The fourth-order valence-electron chi connectivity index (χ4n) is 8.97. The van der Waals surface area contributed by atoms with Crippen molar-refractivity contribution in [2.75, 3.05) is 0 Å². The fraction of sp³-hybridized carbons (Fsp3) is 0. The van der Waals surface area contributed by atoms with Gasteiger partial charge in [0.15, 0.2) is 23.1 Å². The molecule has 0 fully saturated rings. The lowest BCUT2D eigenvalue weighted by molar-refractivity contribution is 0.666. The van der Waals surface area contributed by atoms with E-state index in [2.05, 4.69) is 156 Å². The van der Waals surface area contributed by atoms with Gasteiger partial charge in [-0.05, 0) is 88.3 Å². The Bertz CT molecular complexity index is 3770. The van der Waals surface area contributed by atoms with Gasteiger partial charge >= 0.3 is 0 Å². The first-order chi connectivity index (χ1) is 29.2. The Labute approximate surface area is 341 Å². The highest BCUT2D eigenvalue weighted by Crippen LogP contribution is 2.43. The van der Waals surface area contributed by atoms with Crippen molar-refractivity contribution in [3.8, 4) is 39.9 Å². The Morgan fingerprint density at radius 1 is 0.373 bits per heavy atom. The number of nitrogens with zero attached hydrogens (tertiary/aromatic N) is 4. The second-order valence-corrected chi connectivity index (χ2v) is 16.3. The van der Waals surface area contributed by atoms with Crippen LogP contribution >= 0.6 is 11.3 Å². The largest absolute Gasteiger partial charge is 0.454 e. The van der Waals surface area contributed by atoms with Gasteiger partial charge in [-0.1, -0.05) is 115 Å². The minimum atomic E-state index is 0.592. The van der Waals surface area contributed by atoms with Gasteiger partial charge in [-0.25, -0.2) is 15.0 Å². The van der Waals surface area contributed by atoms with Gasteiger partial charge in [0.25, 0.3) is 0 Å². The van der Waals surface area contributed by atoms with Crippen molar-refractivity contribution in [1.29, 1.82) is 0 Å². The van der Waals surface area contributed by atoms with E-state index >= 15 is 0 Å². The van der Waals surface area contributed by atoms with E-state index in [0.717, 1.165) is 55.3 Å². The molecule has 0 spiro atoms. The lowest BCUT2D eigenvalue weighted by atomic mass is 10.0. The van der Waals surface area contributed by atoms with E-state index < -0.39 is 0 Å². The number of hydrogen-bond acceptors (Lipinski definition) is 5. The molecule has 0 unspecified atom stereocenters. The predicted molar refractivity (Wildman–Crippen MR) is 246 cm³/mol. The fourth-order valence-corrected chi connectivity index (χ4v) is 10.1. The number of aromatic nitrogens is 4. The molecule has 5 nitrogen and oxygen atoms in total. The minimum absolute atomic E-state index is 0.592. The third-order valence-electron chi connectivity index (χ3n) is 11.8. The average Bonchev–Trinajstić information content (AvgIpc) is 3.96. The Kier molecular flexibility index (Phi) is 6.82. The maximum absolute atomic E-state index is 6.85. The zero-order valence-electron chi connectivity index (χ0n) is 31.4. The molecule has 0 bridgehead atoms. The molecule has 59 heavy (non-hydrogen) atoms. The molecule has 0 aliphatic rings. The van der Waals surface area contributed by atoms with E-state index in [1.807, 2.05) is 30.3 Å². The third kappa shape index (κ3) is 5.00. The number of furan rings is 1. The number of thiophene rings is 1. The maximum atomic E-state index is 6.85. The first kappa shape index (κ1) is 32.4. The molecule has 0 aliphatic carbocycles. The highest BCUT2D eigenvalue weighted by atomic mass is 32.1. The molecular weight excluding hydrogens is 741 g/mol. The molecule has 0 radical (unpaired) electrons. The van der Waals surface area contributed by atoms with Gasteiger partial charge < -0.3 is 8.98 Å². The molecule has 9 aromatic carbocycles. The van der Waals surface area contributed by atoms with Crippen molar-refractivity contribution >= 4 is 96.8 Å². The van der Waals surface area contributed by atoms with Crippen LogP contribution < -0.4 is 0 Å². The zero-order valence-corrected chi connectivity index (χ0v) is 32.2. The molecule has 0 N–H and O–H groups in total. The summed E-state index contributed by atoms with van der Waals surface area (Å²) < 4.78 is 11.7. The number of hydrogen-bond donors (Lipinski definition) is 0. The van der Waals surface area contributed by atoms with Gasteiger partial charge in [0.1, 0.15) is 5.58 Å². The standard InChI is InChI=1S/C53H30N4OS/c1-2-12-31(13-3-1)51-54-52(36-22-23-49-42(26-36)39-19-9-11-21-48(39)59-49)56-53(55-51)37-27-43-38-18-8-10-20-47(38)58-50(43)46(30-37)57-44-28-34-16-6-4-14-32(34)24-40(44)41-25-33-15-5-7-17-35(33)29-45(41)57/h1-30H. The Morgan fingerprint density at radius 3 is 1.63 bits per heavy atom. The quantitative estimate of drug-likeness (QED) is 0.179. The van der Waals surface area contributed by atoms with Crippen molar-refractivity contribution in [1.82, 2.24) is 19.5 Å². The molecular formula is C53H30N4OS. The highest BCUT2D eigenvalue weighted by molar-refractivity contribution is 7.25. The molecule has 13 aromatic rings. The van der Waals surface area contributed by atoms with Crippen LogP contribution in [0.1, 0.15) is 0 Å². The summed E-state index contributed by atoms with van der Waals surface area (Å²) in [7, 11) is 0. The normalized spacial score (nSPS) is 12.1. The van der Waals surface area contributed by atoms with Crippen molar-refractivity contribution in [2.24, 2.45) is 0 Å². The summed E-state index contributed by atoms with van der Waals surface area (Å²) in [6.07, 6.45) is 0. The second-order valence-electron chi connectivity index (χ2n) is 15.2. The first-order valence-corrected chi connectivity index (χ1v) is 20.6. The van der Waals surface area contributed by atoms with Crippen LogP contribution in [0.5, 0.6) is 0 Å². The van der Waals surface area contributed by atoms with Crippen LogP contribution in [0.25, 0.3) is 125 Å². The van der Waals surface area contributed by atoms with Crippen LogP contribution in [0, 0.1) is 0 Å². The molecule has 0 saturated heterocycles. The second kappa shape index (κ2) is 12.4. The van der Waals surface area contributed by atoms with Gasteiger partial charge in [0.2, 0.25) is 0 Å². The maximum Gasteiger partial charge on any atom is 0.164 e. The van der Waals surface area contributed by atoms with Crippen LogP contribution in [0.4, 0.5) is 0 Å². The smallest absolute Gasteiger partial charge is 0.164 e. The summed E-state index contributed by atoms with van der Waals surface area (Å²) in [6, 6.07) is 64.5. The molecule has 0 saturated carbocycles. The van der Waals surface area contributed by atoms with Crippen LogP contribution in [-0.4, -0.2) is 19.5 Å². The monoisotopic (exact) mass is 770 g/mol. The molecule has 0 aliphatic heterocycles. The van der Waals surface area contributed by atoms with E-state index in [0.29, 0.717) is 17.5 Å². The summed E-state index contributed by atoms with van der Waals surface area (Å²) in [5, 5.41) is 11.6. The highest BCUT2D eigenvalue weighted by Gasteiger charge is 2.22. The number of rotatable bonds is 4. The molecule has 4 aromatic heterocycles. The molecule has 4 heterocycles. The lowest BCUT2D eigenvalue weighted by Crippen LogP contribution is -2.01. The van der Waals surface area contributed by atoms with Crippen molar-refractivity contribution in [3.05, 3.63) is 182 Å². The van der Waals surface area contributed by atoms with Crippen LogP contribution in [-0.2, 0) is 0 Å². The third-order valence-corrected chi connectivity index (χ3v) is 12.9. The summed E-state index contributed by atoms with van der Waals surface area (Å²) in [5.74, 6) is 1.84. The van der Waals surface area contributed by atoms with Gasteiger partial charge in [-0.3, -0.25) is 0 Å². The van der Waals surface area contributed by atoms with Crippen LogP contribution in [0.3, 0.4) is 0 Å². The Morgan fingerprint density at radius 2 is 0.915 bits per heavy atom. The van der Waals surface area contributed by atoms with Crippen molar-refractivity contribution < 1.29 is 4.42 Å². The summed E-state index contributed by atoms with van der Waals surface area (Å²) >= 11 is 1.81. The Balaban J connectivity index is 1.13. The van der Waals surface area contributed by atoms with E-state index in [4.69, 9.17) is 19.4 Å². The molecule has 0 amide bonds. The van der Waals surface area contributed by atoms with Gasteiger partial charge in [0, 0.05) is 58.4 Å². The molecule has 274 valence electrons. The summed E-state index contributed by atoms with van der Waals surface area (Å²) in [6.45, 7) is 0. The summed E-state index contributed by atoms with van der Waals surface area (Å²) in [5.41, 5.74) is 7.51. The van der Waals surface area contributed by atoms with Gasteiger partial charge in [0.05, 0.1) is 16.7 Å². The molecule has 13 rings (SSSR count). The molecule has 6 heteroatoms. The number of para-hydroxylation sites is 1. The summed E-state index contributed by atoms with van der Waals surface area (Å²) in [4.78, 5) is 15.7. The van der Waals surface area contributed by atoms with E-state index in [1.54, 1.807) is 11.3 Å². The Hall–Kier alpha value is -7.67.